The molecule has 1 unspecified atom stereocenters. The highest BCUT2D eigenvalue weighted by Gasteiger charge is 2.24. The van der Waals surface area contributed by atoms with Crippen molar-refractivity contribution in [1.82, 2.24) is 20.2 Å². The highest BCUT2D eigenvalue weighted by molar-refractivity contribution is 5.78. The molecular weight excluding hydrogens is 316 g/mol. The summed E-state index contributed by atoms with van der Waals surface area (Å²) >= 11 is 0. The number of carbonyl (C=O) groups is 1. The van der Waals surface area contributed by atoms with E-state index in [4.69, 9.17) is 4.74 Å². The van der Waals surface area contributed by atoms with Crippen LogP contribution in [0.5, 0.6) is 5.75 Å². The molecule has 0 spiro atoms. The number of nitrogens with one attached hydrogen (secondary N) is 1. The second kappa shape index (κ2) is 7.19. The molecule has 1 aromatic carbocycles. The van der Waals surface area contributed by atoms with E-state index in [9.17, 15) is 4.79 Å². The number of ether oxygens (including phenoxy) is 1. The van der Waals surface area contributed by atoms with E-state index in [-0.39, 0.29) is 12.0 Å². The van der Waals surface area contributed by atoms with E-state index >= 15 is 0 Å². The van der Waals surface area contributed by atoms with Crippen LogP contribution in [-0.4, -0.2) is 53.1 Å². The number of benzene rings is 1. The highest BCUT2D eigenvalue weighted by Crippen LogP contribution is 2.32. The van der Waals surface area contributed by atoms with E-state index in [1.54, 1.807) is 18.6 Å². The molecule has 6 nitrogen and oxygen atoms in total. The van der Waals surface area contributed by atoms with Crippen molar-refractivity contribution in [2.24, 2.45) is 0 Å². The quantitative estimate of drug-likeness (QED) is 0.898. The van der Waals surface area contributed by atoms with Crippen molar-refractivity contribution in [1.29, 1.82) is 0 Å². The molecule has 2 aliphatic rings. The average molecular weight is 338 g/mol. The Labute approximate surface area is 147 Å². The molecule has 1 amide bonds. The lowest BCUT2D eigenvalue weighted by atomic mass is 10.0. The summed E-state index contributed by atoms with van der Waals surface area (Å²) in [6, 6.07) is 6.08. The number of likely N-dealkylation sites (tertiary alicyclic amines) is 1. The van der Waals surface area contributed by atoms with Gasteiger partial charge in [-0.25, -0.2) is 0 Å². The van der Waals surface area contributed by atoms with Crippen LogP contribution in [0.1, 0.15) is 18.4 Å². The molecule has 2 aromatic rings. The van der Waals surface area contributed by atoms with Gasteiger partial charge in [0.15, 0.2) is 0 Å². The zero-order chi connectivity index (χ0) is 17.1. The fourth-order valence-electron chi connectivity index (χ4n) is 3.47. The molecule has 1 N–H and O–H groups in total. The average Bonchev–Trinajstić information content (AvgIpc) is 3.29. The van der Waals surface area contributed by atoms with Gasteiger partial charge in [0, 0.05) is 24.4 Å². The van der Waals surface area contributed by atoms with E-state index < -0.39 is 0 Å². The van der Waals surface area contributed by atoms with Gasteiger partial charge in [-0.3, -0.25) is 19.7 Å². The molecule has 0 bridgehead atoms. The second-order valence-electron chi connectivity index (χ2n) is 6.64. The lowest BCUT2D eigenvalue weighted by molar-refractivity contribution is -0.122. The first-order chi connectivity index (χ1) is 12.3. The summed E-state index contributed by atoms with van der Waals surface area (Å²) in [5.41, 5.74) is 3.05. The summed E-state index contributed by atoms with van der Waals surface area (Å²) < 4.78 is 5.95. The van der Waals surface area contributed by atoms with Crippen molar-refractivity contribution in [3.8, 4) is 17.0 Å². The summed E-state index contributed by atoms with van der Waals surface area (Å²) in [5, 5.41) is 3.00. The number of aromatic nitrogens is 2. The number of hydrogen-bond acceptors (Lipinski definition) is 5. The zero-order valence-electron chi connectivity index (χ0n) is 14.1. The van der Waals surface area contributed by atoms with Gasteiger partial charge in [-0.05, 0) is 49.7 Å². The minimum atomic E-state index is -0.00497. The SMILES string of the molecule is O=C(CN1CCCC1)NCC1Cc2cc(-c3cnccn3)ccc2O1. The lowest BCUT2D eigenvalue weighted by Gasteiger charge is -2.16. The van der Waals surface area contributed by atoms with Gasteiger partial charge in [0.2, 0.25) is 5.91 Å². The van der Waals surface area contributed by atoms with Crippen LogP contribution in [0.3, 0.4) is 0 Å². The summed E-state index contributed by atoms with van der Waals surface area (Å²) in [6.07, 6.45) is 8.31. The minimum Gasteiger partial charge on any atom is -0.488 e. The smallest absolute Gasteiger partial charge is 0.234 e. The van der Waals surface area contributed by atoms with E-state index in [0.29, 0.717) is 13.1 Å². The Hall–Kier alpha value is -2.47. The van der Waals surface area contributed by atoms with Crippen molar-refractivity contribution in [3.63, 3.8) is 0 Å². The molecule has 0 radical (unpaired) electrons. The Bertz CT molecular complexity index is 744. The van der Waals surface area contributed by atoms with Crippen LogP contribution < -0.4 is 10.1 Å². The third kappa shape index (κ3) is 3.79. The molecule has 4 rings (SSSR count). The van der Waals surface area contributed by atoms with Crippen molar-refractivity contribution >= 4 is 5.91 Å². The molecule has 0 aliphatic carbocycles. The van der Waals surface area contributed by atoms with Crippen LogP contribution >= 0.6 is 0 Å². The molecule has 2 aliphatic heterocycles. The molecule has 1 saturated heterocycles. The number of fused-ring (bicyclic) bond motifs is 1. The minimum absolute atomic E-state index is 0.00497. The fourth-order valence-corrected chi connectivity index (χ4v) is 3.47. The maximum atomic E-state index is 12.0. The van der Waals surface area contributed by atoms with Gasteiger partial charge in [0.1, 0.15) is 11.9 Å². The van der Waals surface area contributed by atoms with E-state index in [1.807, 2.05) is 12.1 Å². The van der Waals surface area contributed by atoms with E-state index in [2.05, 4.69) is 26.3 Å². The summed E-state index contributed by atoms with van der Waals surface area (Å²) in [7, 11) is 0. The van der Waals surface area contributed by atoms with Crippen molar-refractivity contribution < 1.29 is 9.53 Å². The molecule has 0 saturated carbocycles. The topological polar surface area (TPSA) is 67.4 Å². The fraction of sp³-hybridized carbons (Fsp3) is 0.421. The molecule has 25 heavy (non-hydrogen) atoms. The largest absolute Gasteiger partial charge is 0.488 e. The molecule has 1 atom stereocenters. The number of carbonyl (C=O) groups excluding carboxylic acids is 1. The van der Waals surface area contributed by atoms with E-state index in [1.165, 1.54) is 12.8 Å². The molecule has 1 aromatic heterocycles. The van der Waals surface area contributed by atoms with Gasteiger partial charge >= 0.3 is 0 Å². The predicted octanol–water partition coefficient (Wildman–Crippen LogP) is 1.66. The molecule has 3 heterocycles. The van der Waals surface area contributed by atoms with Crippen molar-refractivity contribution in [2.45, 2.75) is 25.4 Å². The molecule has 130 valence electrons. The standard InChI is InChI=1S/C19H22N4O2/c24-19(13-23-7-1-2-8-23)22-11-16-10-15-9-14(3-4-18(15)25-16)17-12-20-5-6-21-17/h3-6,9,12,16H,1-2,7-8,10-11,13H2,(H,22,24). The number of hydrogen-bond donors (Lipinski definition) is 1. The van der Waals surface area contributed by atoms with Crippen molar-refractivity contribution in [2.75, 3.05) is 26.2 Å². The first kappa shape index (κ1) is 16.0. The number of rotatable bonds is 5. The maximum Gasteiger partial charge on any atom is 0.234 e. The zero-order valence-corrected chi connectivity index (χ0v) is 14.1. The van der Waals surface area contributed by atoms with Crippen LogP contribution in [0, 0.1) is 0 Å². The Morgan fingerprint density at radius 1 is 1.28 bits per heavy atom. The Morgan fingerprint density at radius 3 is 2.96 bits per heavy atom. The van der Waals surface area contributed by atoms with Crippen LogP contribution in [0.15, 0.2) is 36.8 Å². The predicted molar refractivity (Wildman–Crippen MR) is 94.3 cm³/mol. The van der Waals surface area contributed by atoms with Crippen molar-refractivity contribution in [3.05, 3.63) is 42.4 Å². The van der Waals surface area contributed by atoms with E-state index in [0.717, 1.165) is 42.1 Å². The first-order valence-electron chi connectivity index (χ1n) is 8.83. The van der Waals surface area contributed by atoms with Crippen LogP contribution in [0.2, 0.25) is 0 Å². The third-order valence-corrected chi connectivity index (χ3v) is 4.75. The van der Waals surface area contributed by atoms with Crippen LogP contribution in [-0.2, 0) is 11.2 Å². The van der Waals surface area contributed by atoms with Crippen LogP contribution in [0.4, 0.5) is 0 Å². The Balaban J connectivity index is 1.33. The summed E-state index contributed by atoms with van der Waals surface area (Å²) in [4.78, 5) is 22.7. The Kier molecular flexibility index (Phi) is 4.61. The second-order valence-corrected chi connectivity index (χ2v) is 6.64. The summed E-state index contributed by atoms with van der Waals surface area (Å²) in [6.45, 7) is 3.10. The van der Waals surface area contributed by atoms with Gasteiger partial charge in [0.05, 0.1) is 25.0 Å². The number of nitrogens with zero attached hydrogens (tertiary/aromatic N) is 3. The van der Waals surface area contributed by atoms with Gasteiger partial charge in [-0.1, -0.05) is 0 Å². The monoisotopic (exact) mass is 338 g/mol. The third-order valence-electron chi connectivity index (χ3n) is 4.75. The van der Waals surface area contributed by atoms with Gasteiger partial charge in [-0.15, -0.1) is 0 Å². The molecule has 6 heteroatoms. The number of amides is 1. The van der Waals surface area contributed by atoms with Gasteiger partial charge < -0.3 is 10.1 Å². The molecular formula is C19H22N4O2. The summed E-state index contributed by atoms with van der Waals surface area (Å²) in [5.74, 6) is 0.980. The van der Waals surface area contributed by atoms with Crippen LogP contribution in [0.25, 0.3) is 11.3 Å². The molecule has 1 fully saturated rings. The van der Waals surface area contributed by atoms with Gasteiger partial charge in [-0.2, -0.15) is 0 Å². The van der Waals surface area contributed by atoms with Gasteiger partial charge in [0.25, 0.3) is 0 Å². The lowest BCUT2D eigenvalue weighted by Crippen LogP contribution is -2.40. The normalized spacial score (nSPS) is 19.4. The Morgan fingerprint density at radius 2 is 2.16 bits per heavy atom. The highest BCUT2D eigenvalue weighted by atomic mass is 16.5. The maximum absolute atomic E-state index is 12.0. The first-order valence-corrected chi connectivity index (χ1v) is 8.83.